The summed E-state index contributed by atoms with van der Waals surface area (Å²) in [6, 6.07) is 7.67. The normalized spacial score (nSPS) is 19.5. The summed E-state index contributed by atoms with van der Waals surface area (Å²) in [6.45, 7) is 5.94. The van der Waals surface area contributed by atoms with Crippen molar-refractivity contribution in [2.45, 2.75) is 56.4 Å². The van der Waals surface area contributed by atoms with Crippen LogP contribution in [0, 0.1) is 12.8 Å². The van der Waals surface area contributed by atoms with Gasteiger partial charge in [0.15, 0.2) is 0 Å². The van der Waals surface area contributed by atoms with Crippen LogP contribution in [0.25, 0.3) is 0 Å². The fraction of sp³-hybridized carbons (Fsp3) is 0.529. The average molecular weight is 292 g/mol. The first-order chi connectivity index (χ1) is 9.58. The first-order valence-corrected chi connectivity index (χ1v) is 8.57. The van der Waals surface area contributed by atoms with E-state index in [1.54, 1.807) is 0 Å². The second-order valence-electron chi connectivity index (χ2n) is 5.79. The summed E-state index contributed by atoms with van der Waals surface area (Å²) in [6.07, 6.45) is 5.92. The van der Waals surface area contributed by atoms with Gasteiger partial charge in [-0.3, -0.25) is 0 Å². The van der Waals surface area contributed by atoms with Crippen molar-refractivity contribution in [2.75, 3.05) is 0 Å². The van der Waals surface area contributed by atoms with E-state index in [1.165, 1.54) is 19.3 Å². The van der Waals surface area contributed by atoms with Crippen molar-refractivity contribution in [1.82, 2.24) is 0 Å². The van der Waals surface area contributed by atoms with Gasteiger partial charge in [0.2, 0.25) is 0 Å². The van der Waals surface area contributed by atoms with Gasteiger partial charge in [-0.2, -0.15) is 0 Å². The minimum atomic E-state index is -1.22. The monoisotopic (exact) mass is 292 g/mol. The quantitative estimate of drug-likeness (QED) is 0.892. The number of aliphatic hydroxyl groups excluding tert-OH is 1. The molecule has 3 heteroatoms. The zero-order valence-electron chi connectivity index (χ0n) is 12.2. The van der Waals surface area contributed by atoms with Crippen molar-refractivity contribution in [3.63, 3.8) is 0 Å². The van der Waals surface area contributed by atoms with Gasteiger partial charge in [-0.05, 0) is 37.8 Å². The van der Waals surface area contributed by atoms with Crippen LogP contribution in [-0.2, 0) is 10.8 Å². The van der Waals surface area contributed by atoms with Gasteiger partial charge in [0.25, 0.3) is 0 Å². The molecule has 0 bridgehead atoms. The Morgan fingerprint density at radius 2 is 1.90 bits per heavy atom. The molecule has 1 aromatic carbocycles. The van der Waals surface area contributed by atoms with E-state index in [9.17, 15) is 9.32 Å². The van der Waals surface area contributed by atoms with Crippen LogP contribution in [0.3, 0.4) is 0 Å². The van der Waals surface area contributed by atoms with Gasteiger partial charge in [-0.15, -0.1) is 0 Å². The van der Waals surface area contributed by atoms with Crippen LogP contribution < -0.4 is 0 Å². The van der Waals surface area contributed by atoms with Gasteiger partial charge < -0.3 is 5.11 Å². The third-order valence-electron chi connectivity index (χ3n) is 4.13. The molecular formula is C17H24O2S. The van der Waals surface area contributed by atoms with Gasteiger partial charge in [0.1, 0.15) is 0 Å². The van der Waals surface area contributed by atoms with Gasteiger partial charge >= 0.3 is 0 Å². The molecule has 0 radical (unpaired) electrons. The van der Waals surface area contributed by atoms with E-state index in [0.29, 0.717) is 17.2 Å². The molecule has 1 aromatic rings. The zero-order chi connectivity index (χ0) is 14.5. The maximum Gasteiger partial charge on any atom is 0.0803 e. The van der Waals surface area contributed by atoms with E-state index in [4.69, 9.17) is 0 Å². The highest BCUT2D eigenvalue weighted by atomic mass is 32.2. The Hall–Kier alpha value is -0.930. The third kappa shape index (κ3) is 4.03. The highest BCUT2D eigenvalue weighted by molar-refractivity contribution is 7.89. The third-order valence-corrected chi connectivity index (χ3v) is 5.52. The molecule has 1 aliphatic carbocycles. The lowest BCUT2D eigenvalue weighted by atomic mass is 9.84. The summed E-state index contributed by atoms with van der Waals surface area (Å²) in [4.78, 5) is 1.41. The summed E-state index contributed by atoms with van der Waals surface area (Å²) < 4.78 is 12.4. The van der Waals surface area contributed by atoms with Crippen LogP contribution in [0.1, 0.15) is 44.1 Å². The van der Waals surface area contributed by atoms with Crippen molar-refractivity contribution < 1.29 is 9.32 Å². The maximum atomic E-state index is 12.4. The Kier molecular flexibility index (Phi) is 5.55. The van der Waals surface area contributed by atoms with Crippen LogP contribution in [0.4, 0.5) is 0 Å². The molecule has 0 spiro atoms. The minimum absolute atomic E-state index is 0.357. The van der Waals surface area contributed by atoms with E-state index in [0.717, 1.165) is 23.3 Å². The molecule has 2 rings (SSSR count). The van der Waals surface area contributed by atoms with Crippen LogP contribution in [0.2, 0.25) is 0 Å². The van der Waals surface area contributed by atoms with E-state index in [2.05, 4.69) is 6.58 Å². The van der Waals surface area contributed by atoms with Crippen molar-refractivity contribution in [3.8, 4) is 0 Å². The minimum Gasteiger partial charge on any atom is -0.392 e. The number of hydrogen-bond donors (Lipinski definition) is 1. The van der Waals surface area contributed by atoms with Crippen LogP contribution >= 0.6 is 0 Å². The summed E-state index contributed by atoms with van der Waals surface area (Å²) in [5, 5.41) is 10.3. The summed E-state index contributed by atoms with van der Waals surface area (Å²) in [7, 11) is -1.22. The predicted octanol–water partition coefficient (Wildman–Crippen LogP) is 3.95. The summed E-state index contributed by atoms with van der Waals surface area (Å²) in [5.74, 6) is 0.357. The predicted molar refractivity (Wildman–Crippen MR) is 83.9 cm³/mol. The Labute approximate surface area is 124 Å². The second-order valence-corrected chi connectivity index (χ2v) is 7.38. The van der Waals surface area contributed by atoms with Gasteiger partial charge in [-0.1, -0.05) is 43.5 Å². The Balaban J connectivity index is 1.93. The Morgan fingerprint density at radius 3 is 2.50 bits per heavy atom. The lowest BCUT2D eigenvalue weighted by Gasteiger charge is -2.26. The number of aliphatic hydroxyl groups is 1. The number of benzene rings is 1. The highest BCUT2D eigenvalue weighted by Gasteiger charge is 2.23. The molecule has 0 saturated heterocycles. The maximum absolute atomic E-state index is 12.4. The summed E-state index contributed by atoms with van der Waals surface area (Å²) >= 11 is 0. The summed E-state index contributed by atoms with van der Waals surface area (Å²) in [5.41, 5.74) is 1.15. The second kappa shape index (κ2) is 7.19. The zero-order valence-corrected chi connectivity index (χ0v) is 13.0. The van der Waals surface area contributed by atoms with Crippen LogP contribution in [0.15, 0.2) is 40.6 Å². The van der Waals surface area contributed by atoms with Crippen molar-refractivity contribution in [3.05, 3.63) is 41.3 Å². The SMILES string of the molecule is C=C(C[C@@H](O)C1CCCCC1)S(=O)c1ccc(C)cc1. The molecule has 0 aliphatic heterocycles. The standard InChI is InChI=1S/C17H24O2S/c1-13-8-10-16(11-9-13)20(19)14(2)12-17(18)15-6-4-3-5-7-15/h8-11,15,17-18H,2-7,12H2,1H3/t17-,20?/m1/s1. The van der Waals surface area contributed by atoms with E-state index in [1.807, 2.05) is 31.2 Å². The van der Waals surface area contributed by atoms with E-state index in [-0.39, 0.29) is 0 Å². The topological polar surface area (TPSA) is 37.3 Å². The lowest BCUT2D eigenvalue weighted by Crippen LogP contribution is -2.23. The molecule has 1 fully saturated rings. The van der Waals surface area contributed by atoms with Gasteiger partial charge in [-0.25, -0.2) is 4.21 Å². The van der Waals surface area contributed by atoms with E-state index < -0.39 is 16.9 Å². The number of hydrogen-bond acceptors (Lipinski definition) is 2. The Morgan fingerprint density at radius 1 is 1.30 bits per heavy atom. The lowest BCUT2D eigenvalue weighted by molar-refractivity contribution is 0.0866. The van der Waals surface area contributed by atoms with Gasteiger partial charge in [0, 0.05) is 16.2 Å². The fourth-order valence-electron chi connectivity index (χ4n) is 2.82. The van der Waals surface area contributed by atoms with Crippen molar-refractivity contribution >= 4 is 10.8 Å². The first-order valence-electron chi connectivity index (χ1n) is 7.42. The van der Waals surface area contributed by atoms with Crippen molar-refractivity contribution in [1.29, 1.82) is 0 Å². The molecule has 0 heterocycles. The highest BCUT2D eigenvalue weighted by Crippen LogP contribution is 2.30. The molecule has 2 nitrogen and oxygen atoms in total. The first kappa shape index (κ1) is 15.5. The number of rotatable bonds is 5. The molecule has 2 atom stereocenters. The molecule has 1 saturated carbocycles. The fourth-order valence-corrected chi connectivity index (χ4v) is 3.86. The molecule has 110 valence electrons. The molecule has 1 unspecified atom stereocenters. The van der Waals surface area contributed by atoms with E-state index >= 15 is 0 Å². The molecule has 0 amide bonds. The van der Waals surface area contributed by atoms with Crippen molar-refractivity contribution in [2.24, 2.45) is 5.92 Å². The molecule has 1 aliphatic rings. The van der Waals surface area contributed by atoms with Gasteiger partial charge in [0.05, 0.1) is 16.9 Å². The molecular weight excluding hydrogens is 268 g/mol. The molecule has 1 N–H and O–H groups in total. The largest absolute Gasteiger partial charge is 0.392 e. The Bertz CT molecular complexity index is 472. The molecule has 0 aromatic heterocycles. The number of aryl methyl sites for hydroxylation is 1. The van der Waals surface area contributed by atoms with Crippen LogP contribution in [0.5, 0.6) is 0 Å². The molecule has 20 heavy (non-hydrogen) atoms. The average Bonchev–Trinajstić information content (AvgIpc) is 2.48. The van der Waals surface area contributed by atoms with Crippen LogP contribution in [-0.4, -0.2) is 15.4 Å². The smallest absolute Gasteiger partial charge is 0.0803 e.